The van der Waals surface area contributed by atoms with Gasteiger partial charge >= 0.3 is 0 Å². The molecule has 2 N–H and O–H groups in total. The monoisotopic (exact) mass is 436 g/mol. The minimum Gasteiger partial charge on any atom is -0.489 e. The van der Waals surface area contributed by atoms with Crippen LogP contribution in [0.3, 0.4) is 0 Å². The van der Waals surface area contributed by atoms with E-state index in [1.807, 2.05) is 6.07 Å². The Bertz CT molecular complexity index is 976. The van der Waals surface area contributed by atoms with E-state index in [0.717, 1.165) is 22.2 Å². The SMILES string of the molecule is NC(=O)CN1C(=O)S/C(=C\c2ccc(OCc3ccc(Cl)c(Cl)c3)cc2)C1=O. The van der Waals surface area contributed by atoms with Gasteiger partial charge in [0.2, 0.25) is 5.91 Å². The van der Waals surface area contributed by atoms with Crippen LogP contribution in [-0.2, 0) is 16.2 Å². The number of carbonyl (C=O) groups excluding carboxylic acids is 3. The lowest BCUT2D eigenvalue weighted by Crippen LogP contribution is -2.36. The van der Waals surface area contributed by atoms with Crippen molar-refractivity contribution in [1.82, 2.24) is 4.90 Å². The molecule has 3 amide bonds. The minimum absolute atomic E-state index is 0.232. The molecule has 0 saturated carbocycles. The lowest BCUT2D eigenvalue weighted by Gasteiger charge is -2.08. The molecule has 1 fully saturated rings. The van der Waals surface area contributed by atoms with Gasteiger partial charge in [-0.15, -0.1) is 0 Å². The summed E-state index contributed by atoms with van der Waals surface area (Å²) < 4.78 is 5.70. The van der Waals surface area contributed by atoms with Gasteiger partial charge in [-0.05, 0) is 53.2 Å². The molecule has 1 heterocycles. The highest BCUT2D eigenvalue weighted by Crippen LogP contribution is 2.32. The Morgan fingerprint density at radius 2 is 1.82 bits per heavy atom. The van der Waals surface area contributed by atoms with Gasteiger partial charge in [0, 0.05) is 0 Å². The second kappa shape index (κ2) is 8.68. The molecule has 0 aliphatic carbocycles. The topological polar surface area (TPSA) is 89.7 Å². The molecule has 0 radical (unpaired) electrons. The van der Waals surface area contributed by atoms with Crippen molar-refractivity contribution in [3.05, 3.63) is 68.5 Å². The van der Waals surface area contributed by atoms with Gasteiger partial charge in [-0.25, -0.2) is 0 Å². The zero-order chi connectivity index (χ0) is 20.3. The highest BCUT2D eigenvalue weighted by molar-refractivity contribution is 8.18. The third kappa shape index (κ3) is 4.86. The number of hydrogen-bond donors (Lipinski definition) is 1. The molecule has 28 heavy (non-hydrogen) atoms. The number of rotatable bonds is 6. The van der Waals surface area contributed by atoms with Crippen LogP contribution in [0.15, 0.2) is 47.4 Å². The highest BCUT2D eigenvalue weighted by atomic mass is 35.5. The van der Waals surface area contributed by atoms with Gasteiger partial charge in [0.25, 0.3) is 11.1 Å². The largest absolute Gasteiger partial charge is 0.489 e. The van der Waals surface area contributed by atoms with E-state index < -0.39 is 23.6 Å². The lowest BCUT2D eigenvalue weighted by molar-refractivity contribution is -0.127. The van der Waals surface area contributed by atoms with Gasteiger partial charge in [-0.2, -0.15) is 0 Å². The average molecular weight is 437 g/mol. The van der Waals surface area contributed by atoms with Crippen LogP contribution in [0.4, 0.5) is 4.79 Å². The number of amides is 3. The molecule has 0 aromatic heterocycles. The van der Waals surface area contributed by atoms with Gasteiger partial charge in [0.15, 0.2) is 0 Å². The first-order chi connectivity index (χ1) is 13.3. The molecule has 3 rings (SSSR count). The number of benzene rings is 2. The molecule has 144 valence electrons. The Kier molecular flexibility index (Phi) is 6.28. The molecule has 0 bridgehead atoms. The van der Waals surface area contributed by atoms with E-state index in [1.165, 1.54) is 0 Å². The molecule has 1 aliphatic heterocycles. The lowest BCUT2D eigenvalue weighted by atomic mass is 10.2. The second-order valence-electron chi connectivity index (χ2n) is 5.84. The third-order valence-electron chi connectivity index (χ3n) is 3.75. The normalized spacial score (nSPS) is 15.4. The maximum Gasteiger partial charge on any atom is 0.294 e. The predicted molar refractivity (Wildman–Crippen MR) is 109 cm³/mol. The van der Waals surface area contributed by atoms with E-state index in [0.29, 0.717) is 28.0 Å². The Balaban J connectivity index is 1.65. The van der Waals surface area contributed by atoms with Crippen molar-refractivity contribution in [2.45, 2.75) is 6.61 Å². The Morgan fingerprint density at radius 1 is 1.11 bits per heavy atom. The summed E-state index contributed by atoms with van der Waals surface area (Å²) in [5.41, 5.74) is 6.65. The molecule has 0 atom stereocenters. The average Bonchev–Trinajstić information content (AvgIpc) is 2.91. The van der Waals surface area contributed by atoms with Gasteiger partial charge < -0.3 is 10.5 Å². The highest BCUT2D eigenvalue weighted by Gasteiger charge is 2.35. The fourth-order valence-electron chi connectivity index (χ4n) is 2.40. The van der Waals surface area contributed by atoms with Crippen molar-refractivity contribution >= 4 is 58.1 Å². The number of nitrogens with zero attached hydrogens (tertiary/aromatic N) is 1. The van der Waals surface area contributed by atoms with Gasteiger partial charge in [0.1, 0.15) is 18.9 Å². The molecule has 0 unspecified atom stereocenters. The van der Waals surface area contributed by atoms with Crippen LogP contribution in [0.5, 0.6) is 5.75 Å². The fourth-order valence-corrected chi connectivity index (χ4v) is 3.56. The molecule has 2 aromatic carbocycles. The summed E-state index contributed by atoms with van der Waals surface area (Å²) in [6.07, 6.45) is 1.58. The van der Waals surface area contributed by atoms with Crippen LogP contribution in [0, 0.1) is 0 Å². The van der Waals surface area contributed by atoms with Crippen molar-refractivity contribution in [2.75, 3.05) is 6.54 Å². The van der Waals surface area contributed by atoms with E-state index in [-0.39, 0.29) is 4.91 Å². The van der Waals surface area contributed by atoms with Crippen molar-refractivity contribution in [1.29, 1.82) is 0 Å². The van der Waals surface area contributed by atoms with Crippen LogP contribution in [0.2, 0.25) is 10.0 Å². The molecule has 1 aliphatic rings. The van der Waals surface area contributed by atoms with Crippen molar-refractivity contribution < 1.29 is 19.1 Å². The first-order valence-electron chi connectivity index (χ1n) is 8.04. The molecular formula is C19H14Cl2N2O4S. The van der Waals surface area contributed by atoms with E-state index in [9.17, 15) is 14.4 Å². The molecule has 6 nitrogen and oxygen atoms in total. The first kappa shape index (κ1) is 20.3. The van der Waals surface area contributed by atoms with Crippen molar-refractivity contribution in [3.63, 3.8) is 0 Å². The van der Waals surface area contributed by atoms with Crippen molar-refractivity contribution in [2.24, 2.45) is 5.73 Å². The first-order valence-corrected chi connectivity index (χ1v) is 9.61. The van der Waals surface area contributed by atoms with E-state index >= 15 is 0 Å². The van der Waals surface area contributed by atoms with Crippen LogP contribution in [0.1, 0.15) is 11.1 Å². The zero-order valence-electron chi connectivity index (χ0n) is 14.4. The summed E-state index contributed by atoms with van der Waals surface area (Å²) in [4.78, 5) is 36.0. The number of halogens is 2. The van der Waals surface area contributed by atoms with Crippen LogP contribution >= 0.6 is 35.0 Å². The van der Waals surface area contributed by atoms with E-state index in [4.69, 9.17) is 33.7 Å². The smallest absolute Gasteiger partial charge is 0.294 e. The number of primary amides is 1. The predicted octanol–water partition coefficient (Wildman–Crippen LogP) is 4.09. The maximum absolute atomic E-state index is 12.2. The van der Waals surface area contributed by atoms with Crippen LogP contribution < -0.4 is 10.5 Å². The number of imide groups is 1. The Morgan fingerprint density at radius 3 is 2.46 bits per heavy atom. The maximum atomic E-state index is 12.2. The van der Waals surface area contributed by atoms with Gasteiger partial charge in [-0.3, -0.25) is 19.3 Å². The summed E-state index contributed by atoms with van der Waals surface area (Å²) in [7, 11) is 0. The summed E-state index contributed by atoms with van der Waals surface area (Å²) in [5, 5.41) is 0.426. The Labute approximate surface area is 175 Å². The zero-order valence-corrected chi connectivity index (χ0v) is 16.7. The number of hydrogen-bond acceptors (Lipinski definition) is 5. The second-order valence-corrected chi connectivity index (χ2v) is 7.65. The summed E-state index contributed by atoms with van der Waals surface area (Å²) in [6.45, 7) is -0.105. The number of nitrogens with two attached hydrogens (primary N) is 1. The number of ether oxygens (including phenoxy) is 1. The van der Waals surface area contributed by atoms with E-state index in [1.54, 1.807) is 42.5 Å². The van der Waals surface area contributed by atoms with Gasteiger partial charge in [-0.1, -0.05) is 41.4 Å². The van der Waals surface area contributed by atoms with E-state index in [2.05, 4.69) is 0 Å². The third-order valence-corrected chi connectivity index (χ3v) is 5.40. The molecule has 0 spiro atoms. The van der Waals surface area contributed by atoms with Crippen LogP contribution in [0.25, 0.3) is 6.08 Å². The number of thioether (sulfide) groups is 1. The molecule has 1 saturated heterocycles. The summed E-state index contributed by atoms with van der Waals surface area (Å²) in [6, 6.07) is 12.3. The minimum atomic E-state index is -0.743. The number of carbonyl (C=O) groups is 3. The molecule has 2 aromatic rings. The summed E-state index contributed by atoms with van der Waals surface area (Å²) >= 11 is 12.6. The fraction of sp³-hybridized carbons (Fsp3) is 0.105. The molecular weight excluding hydrogens is 423 g/mol. The molecule has 9 heteroatoms. The van der Waals surface area contributed by atoms with Gasteiger partial charge in [0.05, 0.1) is 15.0 Å². The Hall–Kier alpha value is -2.48. The van der Waals surface area contributed by atoms with Crippen LogP contribution in [-0.4, -0.2) is 28.5 Å². The quantitative estimate of drug-likeness (QED) is 0.688. The standard InChI is InChI=1S/C19H14Cl2N2O4S/c20-14-6-3-12(7-15(14)21)10-27-13-4-1-11(2-5-13)8-16-18(25)23(9-17(22)24)19(26)28-16/h1-8H,9-10H2,(H2,22,24)/b16-8-. The summed E-state index contributed by atoms with van der Waals surface area (Å²) in [5.74, 6) is -0.647. The van der Waals surface area contributed by atoms with Crippen molar-refractivity contribution in [3.8, 4) is 5.75 Å².